The standard InChI is InChI=1S/C13H19N3.3ClH.V/c1-10(2)14-8-12-6-5-7-13(16-12)9-15-11(3)4;;;;/h5-11H,1-4H3;3*1H;/q;;;;+3/p-3. The van der Waals surface area contributed by atoms with Gasteiger partial charge in [-0.3, -0.25) is 9.98 Å². The molecule has 112 valence electrons. The molecule has 20 heavy (non-hydrogen) atoms. The minimum Gasteiger partial charge on any atom is -1.00 e. The predicted molar refractivity (Wildman–Crippen MR) is 69.7 cm³/mol. The van der Waals surface area contributed by atoms with E-state index in [1.54, 1.807) is 12.4 Å². The normalized spacial score (nSPS) is 9.90. The molecule has 0 saturated carbocycles. The molecule has 1 aromatic heterocycles. The van der Waals surface area contributed by atoms with E-state index in [2.05, 4.69) is 15.0 Å². The number of pyridine rings is 1. The maximum atomic E-state index is 4.42. The third kappa shape index (κ3) is 13.0. The van der Waals surface area contributed by atoms with Gasteiger partial charge in [-0.25, -0.2) is 4.98 Å². The molecular formula is C13H19Cl3N3V. The number of hydrogen-bond acceptors (Lipinski definition) is 3. The molecule has 0 saturated heterocycles. The van der Waals surface area contributed by atoms with E-state index < -0.39 is 0 Å². The number of aromatic nitrogens is 1. The second kappa shape index (κ2) is 15.3. The Morgan fingerprint density at radius 2 is 1.20 bits per heavy atom. The van der Waals surface area contributed by atoms with Crippen LogP contribution in [0.2, 0.25) is 0 Å². The van der Waals surface area contributed by atoms with Crippen molar-refractivity contribution < 1.29 is 55.8 Å². The number of rotatable bonds is 4. The van der Waals surface area contributed by atoms with Crippen molar-refractivity contribution in [3.63, 3.8) is 0 Å². The number of halogens is 3. The van der Waals surface area contributed by atoms with Gasteiger partial charge in [-0.15, -0.1) is 0 Å². The molecule has 1 rings (SSSR count). The molecule has 0 amide bonds. The van der Waals surface area contributed by atoms with Crippen molar-refractivity contribution in [3.05, 3.63) is 29.6 Å². The van der Waals surface area contributed by atoms with Gasteiger partial charge in [0.1, 0.15) is 0 Å². The van der Waals surface area contributed by atoms with Crippen LogP contribution < -0.4 is 37.2 Å². The molecule has 0 atom stereocenters. The third-order valence-electron chi connectivity index (χ3n) is 1.80. The van der Waals surface area contributed by atoms with Gasteiger partial charge in [0.05, 0.1) is 11.4 Å². The van der Waals surface area contributed by atoms with Gasteiger partial charge in [0.25, 0.3) is 0 Å². The molecule has 0 spiro atoms. The first kappa shape index (κ1) is 28.2. The van der Waals surface area contributed by atoms with Crippen molar-refractivity contribution in [1.29, 1.82) is 0 Å². The zero-order chi connectivity index (χ0) is 12.0. The summed E-state index contributed by atoms with van der Waals surface area (Å²) in [7, 11) is 0. The Kier molecular flexibility index (Phi) is 21.6. The van der Waals surface area contributed by atoms with Crippen molar-refractivity contribution in [3.8, 4) is 0 Å². The summed E-state index contributed by atoms with van der Waals surface area (Å²) < 4.78 is 0. The van der Waals surface area contributed by atoms with E-state index in [1.807, 2.05) is 45.9 Å². The molecule has 0 fully saturated rings. The van der Waals surface area contributed by atoms with E-state index in [4.69, 9.17) is 0 Å². The summed E-state index contributed by atoms with van der Waals surface area (Å²) in [6.07, 6.45) is 3.61. The summed E-state index contributed by atoms with van der Waals surface area (Å²) >= 11 is 0. The Balaban J connectivity index is -0.000000320. The third-order valence-corrected chi connectivity index (χ3v) is 1.80. The Bertz CT molecular complexity index is 363. The molecule has 0 radical (unpaired) electrons. The van der Waals surface area contributed by atoms with E-state index in [-0.39, 0.29) is 55.8 Å². The number of hydrogen-bond donors (Lipinski definition) is 0. The minimum atomic E-state index is 0. The molecule has 0 aliphatic rings. The Labute approximate surface area is 152 Å². The van der Waals surface area contributed by atoms with Gasteiger partial charge in [-0.2, -0.15) is 0 Å². The average molecular weight is 375 g/mol. The molecule has 0 bridgehead atoms. The summed E-state index contributed by atoms with van der Waals surface area (Å²) in [6, 6.07) is 6.46. The van der Waals surface area contributed by atoms with Crippen LogP contribution in [-0.2, 0) is 18.6 Å². The summed E-state index contributed by atoms with van der Waals surface area (Å²) in [6.45, 7) is 8.17. The monoisotopic (exact) mass is 373 g/mol. The molecule has 1 aromatic rings. The second-order valence-corrected chi connectivity index (χ2v) is 4.23. The van der Waals surface area contributed by atoms with E-state index in [9.17, 15) is 0 Å². The van der Waals surface area contributed by atoms with Gasteiger partial charge < -0.3 is 37.2 Å². The molecule has 0 unspecified atom stereocenters. The largest absolute Gasteiger partial charge is 3.00 e. The fourth-order valence-electron chi connectivity index (χ4n) is 1.06. The predicted octanol–water partition coefficient (Wildman–Crippen LogP) is -6.25. The Morgan fingerprint density at radius 3 is 1.50 bits per heavy atom. The first-order valence-electron chi connectivity index (χ1n) is 5.61. The summed E-state index contributed by atoms with van der Waals surface area (Å²) in [5, 5.41) is 0. The van der Waals surface area contributed by atoms with Crippen LogP contribution in [0.5, 0.6) is 0 Å². The fraction of sp³-hybridized carbons (Fsp3) is 0.462. The Morgan fingerprint density at radius 1 is 0.850 bits per heavy atom. The first-order valence-corrected chi connectivity index (χ1v) is 5.61. The second-order valence-electron chi connectivity index (χ2n) is 4.23. The van der Waals surface area contributed by atoms with E-state index in [0.717, 1.165) is 11.4 Å². The van der Waals surface area contributed by atoms with E-state index in [1.165, 1.54) is 0 Å². The van der Waals surface area contributed by atoms with Gasteiger partial charge in [-0.1, -0.05) is 6.07 Å². The maximum Gasteiger partial charge on any atom is 3.00 e. The van der Waals surface area contributed by atoms with Gasteiger partial charge in [0, 0.05) is 24.5 Å². The number of nitrogens with zero attached hydrogens (tertiary/aromatic N) is 3. The van der Waals surface area contributed by atoms with Crippen LogP contribution in [0.3, 0.4) is 0 Å². The molecule has 3 nitrogen and oxygen atoms in total. The van der Waals surface area contributed by atoms with Gasteiger partial charge in [0.15, 0.2) is 0 Å². The zero-order valence-electron chi connectivity index (χ0n) is 12.0. The summed E-state index contributed by atoms with van der Waals surface area (Å²) in [5.74, 6) is 0. The van der Waals surface area contributed by atoms with Crippen LogP contribution in [0.15, 0.2) is 28.2 Å². The number of aliphatic imine (C=N–C) groups is 2. The van der Waals surface area contributed by atoms with Gasteiger partial charge >= 0.3 is 18.6 Å². The van der Waals surface area contributed by atoms with Crippen LogP contribution in [0.4, 0.5) is 0 Å². The van der Waals surface area contributed by atoms with Crippen molar-refractivity contribution in [2.45, 2.75) is 39.8 Å². The topological polar surface area (TPSA) is 37.6 Å². The molecule has 7 heteroatoms. The smallest absolute Gasteiger partial charge is 1.00 e. The molecule has 1 heterocycles. The zero-order valence-corrected chi connectivity index (χ0v) is 15.6. The average Bonchev–Trinajstić information content (AvgIpc) is 2.24. The molecule has 0 aliphatic heterocycles. The van der Waals surface area contributed by atoms with Crippen molar-refractivity contribution in [2.75, 3.05) is 0 Å². The van der Waals surface area contributed by atoms with Crippen molar-refractivity contribution in [1.82, 2.24) is 4.98 Å². The van der Waals surface area contributed by atoms with Crippen LogP contribution in [0, 0.1) is 0 Å². The maximum absolute atomic E-state index is 4.42. The summed E-state index contributed by atoms with van der Waals surface area (Å²) in [4.78, 5) is 13.0. The van der Waals surface area contributed by atoms with Crippen molar-refractivity contribution in [2.24, 2.45) is 9.98 Å². The SMILES string of the molecule is CC(C)N=Cc1cccc(C=NC(C)C)n1.[Cl-].[Cl-].[Cl-].[V+3]. The quantitative estimate of drug-likeness (QED) is 0.483. The minimum absolute atomic E-state index is 0. The van der Waals surface area contributed by atoms with Crippen molar-refractivity contribution >= 4 is 12.4 Å². The molecule has 0 aliphatic carbocycles. The van der Waals surface area contributed by atoms with Crippen LogP contribution >= 0.6 is 0 Å². The van der Waals surface area contributed by atoms with Crippen LogP contribution in [0.1, 0.15) is 39.1 Å². The van der Waals surface area contributed by atoms with Gasteiger partial charge in [0.2, 0.25) is 0 Å². The van der Waals surface area contributed by atoms with E-state index >= 15 is 0 Å². The molecule has 0 N–H and O–H groups in total. The molecular weight excluding hydrogens is 355 g/mol. The van der Waals surface area contributed by atoms with Crippen LogP contribution in [-0.4, -0.2) is 29.5 Å². The van der Waals surface area contributed by atoms with E-state index in [0.29, 0.717) is 12.1 Å². The fourth-order valence-corrected chi connectivity index (χ4v) is 1.06. The van der Waals surface area contributed by atoms with Gasteiger partial charge in [-0.05, 0) is 39.8 Å². The van der Waals surface area contributed by atoms with Crippen LogP contribution in [0.25, 0.3) is 0 Å². The summed E-state index contributed by atoms with van der Waals surface area (Å²) in [5.41, 5.74) is 1.75. The first-order chi connectivity index (χ1) is 7.58. The molecule has 0 aromatic carbocycles. The Hall–Kier alpha value is -0.0556.